The molecule has 1 rings (SSSR count). The summed E-state index contributed by atoms with van der Waals surface area (Å²) in [5.74, 6) is -2.87. The van der Waals surface area contributed by atoms with E-state index in [1.165, 1.54) is 39.6 Å². The Kier molecular flexibility index (Phi) is 9.21. The molecule has 5 N–H and O–H groups in total. The standard InChI is InChI=1S/C18H30N6O7/c1-9(20-12(4)25)15(27)21-10(2)17(29)24-8-6-7-13(24)16(28)22-23(5)18(30)31-11(3)14(19)26/h9-11,13H,6-8H2,1-5H3,(H2,19,26)(H,20,25)(H,21,27)(H,22,28)/t9-,10-,11-,13-/m0/s1. The lowest BCUT2D eigenvalue weighted by Gasteiger charge is -2.29. The Bertz CT molecular complexity index is 743. The lowest BCUT2D eigenvalue weighted by Crippen LogP contribution is -2.56. The summed E-state index contributed by atoms with van der Waals surface area (Å²) in [4.78, 5) is 72.7. The fourth-order valence-electron chi connectivity index (χ4n) is 2.90. The Morgan fingerprint density at radius 1 is 1.06 bits per heavy atom. The number of hydrogen-bond donors (Lipinski definition) is 4. The van der Waals surface area contributed by atoms with Crippen molar-refractivity contribution < 1.29 is 33.5 Å². The van der Waals surface area contributed by atoms with Crippen molar-refractivity contribution in [2.24, 2.45) is 5.73 Å². The van der Waals surface area contributed by atoms with Crippen LogP contribution in [0.3, 0.4) is 0 Å². The van der Waals surface area contributed by atoms with Gasteiger partial charge in [-0.05, 0) is 33.6 Å². The zero-order valence-corrected chi connectivity index (χ0v) is 18.3. The number of ether oxygens (including phenoxy) is 1. The number of likely N-dealkylation sites (tertiary alicyclic amines) is 1. The summed E-state index contributed by atoms with van der Waals surface area (Å²) >= 11 is 0. The Morgan fingerprint density at radius 3 is 2.23 bits per heavy atom. The zero-order valence-electron chi connectivity index (χ0n) is 18.3. The molecule has 1 heterocycles. The van der Waals surface area contributed by atoms with Crippen LogP contribution in [0.4, 0.5) is 4.79 Å². The molecule has 31 heavy (non-hydrogen) atoms. The van der Waals surface area contributed by atoms with Gasteiger partial charge in [0, 0.05) is 20.5 Å². The van der Waals surface area contributed by atoms with Gasteiger partial charge in [0.25, 0.3) is 11.8 Å². The molecule has 6 amide bonds. The minimum absolute atomic E-state index is 0.297. The van der Waals surface area contributed by atoms with Gasteiger partial charge in [0.05, 0.1) is 0 Å². The van der Waals surface area contributed by atoms with Gasteiger partial charge in [0.1, 0.15) is 18.1 Å². The number of carbonyl (C=O) groups is 6. The third kappa shape index (κ3) is 7.42. The number of primary amides is 1. The minimum Gasteiger partial charge on any atom is -0.435 e. The van der Waals surface area contributed by atoms with Crippen LogP contribution in [-0.4, -0.2) is 83.4 Å². The topological polar surface area (TPSA) is 180 Å². The summed E-state index contributed by atoms with van der Waals surface area (Å²) in [5, 5.41) is 5.68. The Labute approximate surface area is 179 Å². The Balaban J connectivity index is 2.69. The lowest BCUT2D eigenvalue weighted by molar-refractivity contribution is -0.142. The van der Waals surface area contributed by atoms with E-state index in [1.807, 2.05) is 0 Å². The molecule has 13 heteroatoms. The SMILES string of the molecule is CC(=O)N[C@@H](C)C(=O)N[C@@H](C)C(=O)N1CCC[C@H]1C(=O)NN(C)C(=O)O[C@@H](C)C(N)=O. The van der Waals surface area contributed by atoms with Crippen LogP contribution in [0, 0.1) is 0 Å². The Hall–Kier alpha value is -3.38. The van der Waals surface area contributed by atoms with Crippen molar-refractivity contribution in [2.75, 3.05) is 13.6 Å². The van der Waals surface area contributed by atoms with Crippen LogP contribution in [-0.2, 0) is 28.7 Å². The molecule has 1 aliphatic heterocycles. The molecule has 0 aromatic rings. The number of carbonyl (C=O) groups excluding carboxylic acids is 6. The van der Waals surface area contributed by atoms with E-state index in [1.54, 1.807) is 0 Å². The molecule has 0 spiro atoms. The van der Waals surface area contributed by atoms with Gasteiger partial charge in [-0.25, -0.2) is 9.80 Å². The second-order valence-electron chi connectivity index (χ2n) is 7.31. The number of amides is 6. The highest BCUT2D eigenvalue weighted by Crippen LogP contribution is 2.18. The average molecular weight is 442 g/mol. The van der Waals surface area contributed by atoms with Crippen LogP contribution in [0.5, 0.6) is 0 Å². The van der Waals surface area contributed by atoms with Crippen LogP contribution < -0.4 is 21.8 Å². The number of nitrogens with one attached hydrogen (secondary N) is 3. The first kappa shape index (κ1) is 25.7. The molecule has 0 bridgehead atoms. The van der Waals surface area contributed by atoms with Crippen molar-refractivity contribution in [3.63, 3.8) is 0 Å². The number of nitrogens with zero attached hydrogens (tertiary/aromatic N) is 2. The lowest BCUT2D eigenvalue weighted by atomic mass is 10.2. The van der Waals surface area contributed by atoms with Gasteiger partial charge in [-0.2, -0.15) is 0 Å². The highest BCUT2D eigenvalue weighted by molar-refractivity contribution is 5.94. The molecule has 1 fully saturated rings. The van der Waals surface area contributed by atoms with Crippen LogP contribution in [0.1, 0.15) is 40.5 Å². The predicted octanol–water partition coefficient (Wildman–Crippen LogP) is -2.02. The van der Waals surface area contributed by atoms with Crippen molar-refractivity contribution in [1.29, 1.82) is 0 Å². The average Bonchev–Trinajstić information content (AvgIpc) is 3.16. The summed E-state index contributed by atoms with van der Waals surface area (Å²) in [6, 6.07) is -2.62. The molecular formula is C18H30N6O7. The molecule has 1 saturated heterocycles. The van der Waals surface area contributed by atoms with Gasteiger partial charge in [0.15, 0.2) is 6.10 Å². The number of hydrazine groups is 1. The predicted molar refractivity (Wildman–Crippen MR) is 107 cm³/mol. The van der Waals surface area contributed by atoms with Crippen molar-refractivity contribution >= 4 is 35.6 Å². The number of rotatable bonds is 7. The fraction of sp³-hybridized carbons (Fsp3) is 0.667. The van der Waals surface area contributed by atoms with Gasteiger partial charge >= 0.3 is 6.09 Å². The van der Waals surface area contributed by atoms with E-state index in [0.717, 1.165) is 5.01 Å². The zero-order chi connectivity index (χ0) is 23.9. The molecule has 1 aliphatic rings. The molecule has 0 aromatic heterocycles. The summed E-state index contributed by atoms with van der Waals surface area (Å²) in [6.45, 7) is 5.81. The summed E-state index contributed by atoms with van der Waals surface area (Å²) < 4.78 is 4.78. The third-order valence-electron chi connectivity index (χ3n) is 4.61. The molecule has 4 atom stereocenters. The second-order valence-corrected chi connectivity index (χ2v) is 7.31. The first-order valence-electron chi connectivity index (χ1n) is 9.77. The van der Waals surface area contributed by atoms with E-state index in [0.29, 0.717) is 19.4 Å². The largest absolute Gasteiger partial charge is 0.435 e. The molecule has 0 aliphatic carbocycles. The minimum atomic E-state index is -1.18. The van der Waals surface area contributed by atoms with Crippen LogP contribution in [0.15, 0.2) is 0 Å². The fourth-order valence-corrected chi connectivity index (χ4v) is 2.90. The van der Waals surface area contributed by atoms with Crippen molar-refractivity contribution in [1.82, 2.24) is 26.0 Å². The van der Waals surface area contributed by atoms with Crippen molar-refractivity contribution in [3.8, 4) is 0 Å². The maximum Gasteiger partial charge on any atom is 0.429 e. The quantitative estimate of drug-likeness (QED) is 0.328. The number of nitrogens with two attached hydrogens (primary N) is 1. The van der Waals surface area contributed by atoms with Gasteiger partial charge in [-0.15, -0.1) is 0 Å². The van der Waals surface area contributed by atoms with Crippen LogP contribution in [0.2, 0.25) is 0 Å². The normalized spacial score (nSPS) is 18.2. The van der Waals surface area contributed by atoms with Gasteiger partial charge in [-0.1, -0.05) is 0 Å². The van der Waals surface area contributed by atoms with Crippen LogP contribution in [0.25, 0.3) is 0 Å². The van der Waals surface area contributed by atoms with Crippen molar-refractivity contribution in [3.05, 3.63) is 0 Å². The molecular weight excluding hydrogens is 412 g/mol. The summed E-state index contributed by atoms with van der Waals surface area (Å²) in [5.41, 5.74) is 7.33. The van der Waals surface area contributed by atoms with E-state index in [-0.39, 0.29) is 5.91 Å². The van der Waals surface area contributed by atoms with E-state index in [4.69, 9.17) is 10.5 Å². The third-order valence-corrected chi connectivity index (χ3v) is 4.61. The molecule has 0 aromatic carbocycles. The molecule has 0 saturated carbocycles. The first-order valence-corrected chi connectivity index (χ1v) is 9.77. The van der Waals surface area contributed by atoms with E-state index < -0.39 is 54.0 Å². The van der Waals surface area contributed by atoms with E-state index in [2.05, 4.69) is 16.1 Å². The van der Waals surface area contributed by atoms with Crippen molar-refractivity contribution in [2.45, 2.75) is 64.8 Å². The first-order chi connectivity index (χ1) is 14.3. The maximum absolute atomic E-state index is 12.8. The second kappa shape index (κ2) is 11.1. The van der Waals surface area contributed by atoms with E-state index in [9.17, 15) is 28.8 Å². The van der Waals surface area contributed by atoms with Crippen LogP contribution >= 0.6 is 0 Å². The monoisotopic (exact) mass is 442 g/mol. The highest BCUT2D eigenvalue weighted by atomic mass is 16.6. The Morgan fingerprint density at radius 2 is 1.68 bits per heavy atom. The molecule has 13 nitrogen and oxygen atoms in total. The van der Waals surface area contributed by atoms with Gasteiger partial charge < -0.3 is 26.0 Å². The molecule has 174 valence electrons. The summed E-state index contributed by atoms with van der Waals surface area (Å²) in [7, 11) is 1.22. The summed E-state index contributed by atoms with van der Waals surface area (Å²) in [6.07, 6.45) is -1.26. The van der Waals surface area contributed by atoms with Gasteiger partial charge in [-0.3, -0.25) is 29.4 Å². The van der Waals surface area contributed by atoms with E-state index >= 15 is 0 Å². The smallest absolute Gasteiger partial charge is 0.429 e. The van der Waals surface area contributed by atoms with Gasteiger partial charge in [0.2, 0.25) is 17.7 Å². The highest BCUT2D eigenvalue weighted by Gasteiger charge is 2.37. The molecule has 0 radical (unpaired) electrons. The maximum atomic E-state index is 12.8. The molecule has 0 unspecified atom stereocenters. The number of hydrogen-bond acceptors (Lipinski definition) is 7.